The van der Waals surface area contributed by atoms with Crippen LogP contribution in [0, 0.1) is 0 Å². The average molecular weight is 296 g/mol. The molecule has 0 radical (unpaired) electrons. The summed E-state index contributed by atoms with van der Waals surface area (Å²) in [7, 11) is 1.59. The lowest BCUT2D eigenvalue weighted by atomic mass is 10.3. The van der Waals surface area contributed by atoms with Crippen molar-refractivity contribution in [3.05, 3.63) is 24.3 Å². The third kappa shape index (κ3) is 7.08. The van der Waals surface area contributed by atoms with Crippen LogP contribution in [0.25, 0.3) is 0 Å². The Kier molecular flexibility index (Phi) is 8.42. The van der Waals surface area contributed by atoms with Crippen LogP contribution in [0.5, 0.6) is 5.75 Å². The number of aliphatic hydroxyl groups excluding tert-OH is 2. The molecule has 0 aliphatic heterocycles. The summed E-state index contributed by atoms with van der Waals surface area (Å²) in [5.41, 5.74) is 0.713. The SMILES string of the molecule is COc1ccc(NC(=O)CN(CCCO)CCCO)cc1. The van der Waals surface area contributed by atoms with E-state index >= 15 is 0 Å². The predicted molar refractivity (Wildman–Crippen MR) is 81.5 cm³/mol. The topological polar surface area (TPSA) is 82.0 Å². The second-order valence-electron chi connectivity index (χ2n) is 4.71. The Balaban J connectivity index is 2.47. The van der Waals surface area contributed by atoms with Gasteiger partial charge in [-0.25, -0.2) is 0 Å². The maximum Gasteiger partial charge on any atom is 0.238 e. The molecular formula is C15H24N2O4. The molecule has 0 atom stereocenters. The van der Waals surface area contributed by atoms with Crippen molar-refractivity contribution < 1.29 is 19.7 Å². The fourth-order valence-corrected chi connectivity index (χ4v) is 1.94. The minimum Gasteiger partial charge on any atom is -0.497 e. The number of aliphatic hydroxyl groups is 2. The highest BCUT2D eigenvalue weighted by Gasteiger charge is 2.10. The van der Waals surface area contributed by atoms with Gasteiger partial charge in [0.2, 0.25) is 5.91 Å². The van der Waals surface area contributed by atoms with Gasteiger partial charge in [0, 0.05) is 32.0 Å². The van der Waals surface area contributed by atoms with Crippen molar-refractivity contribution in [1.29, 1.82) is 0 Å². The van der Waals surface area contributed by atoms with E-state index in [1.807, 2.05) is 4.90 Å². The molecule has 0 aliphatic carbocycles. The molecule has 0 saturated carbocycles. The summed E-state index contributed by atoms with van der Waals surface area (Å²) < 4.78 is 5.06. The van der Waals surface area contributed by atoms with Gasteiger partial charge in [0.05, 0.1) is 13.7 Å². The summed E-state index contributed by atoms with van der Waals surface area (Å²) in [6.45, 7) is 1.69. The molecule has 21 heavy (non-hydrogen) atoms. The number of hydrogen-bond acceptors (Lipinski definition) is 5. The Labute approximate surface area is 125 Å². The summed E-state index contributed by atoms with van der Waals surface area (Å²) in [6.07, 6.45) is 1.22. The van der Waals surface area contributed by atoms with Crippen LogP contribution in [0.2, 0.25) is 0 Å². The lowest BCUT2D eigenvalue weighted by molar-refractivity contribution is -0.117. The van der Waals surface area contributed by atoms with E-state index in [4.69, 9.17) is 14.9 Å². The Morgan fingerprint density at radius 3 is 2.19 bits per heavy atom. The highest BCUT2D eigenvalue weighted by atomic mass is 16.5. The molecular weight excluding hydrogens is 272 g/mol. The zero-order valence-electron chi connectivity index (χ0n) is 12.4. The van der Waals surface area contributed by atoms with E-state index in [0.29, 0.717) is 31.6 Å². The van der Waals surface area contributed by atoms with Gasteiger partial charge in [-0.15, -0.1) is 0 Å². The first kappa shape index (κ1) is 17.4. The van der Waals surface area contributed by atoms with E-state index in [9.17, 15) is 4.79 Å². The van der Waals surface area contributed by atoms with Gasteiger partial charge in [0.1, 0.15) is 5.75 Å². The Bertz CT molecular complexity index is 401. The number of rotatable bonds is 10. The van der Waals surface area contributed by atoms with Gasteiger partial charge in [-0.05, 0) is 37.1 Å². The molecule has 0 heterocycles. The highest BCUT2D eigenvalue weighted by Crippen LogP contribution is 2.14. The molecule has 0 unspecified atom stereocenters. The summed E-state index contributed by atoms with van der Waals surface area (Å²) in [4.78, 5) is 13.9. The number of ether oxygens (including phenoxy) is 1. The number of nitrogens with one attached hydrogen (secondary N) is 1. The first-order chi connectivity index (χ1) is 10.2. The molecule has 0 fully saturated rings. The number of amides is 1. The van der Waals surface area contributed by atoms with E-state index < -0.39 is 0 Å². The molecule has 1 aromatic rings. The largest absolute Gasteiger partial charge is 0.497 e. The minimum absolute atomic E-state index is 0.0930. The Morgan fingerprint density at radius 1 is 1.14 bits per heavy atom. The van der Waals surface area contributed by atoms with Crippen molar-refractivity contribution in [3.63, 3.8) is 0 Å². The summed E-state index contributed by atoms with van der Waals surface area (Å²) in [5.74, 6) is 0.622. The van der Waals surface area contributed by atoms with Gasteiger partial charge in [0.25, 0.3) is 0 Å². The molecule has 0 aliphatic rings. The molecule has 1 amide bonds. The van der Waals surface area contributed by atoms with Crippen molar-refractivity contribution in [3.8, 4) is 5.75 Å². The lowest BCUT2D eigenvalue weighted by Gasteiger charge is -2.21. The number of anilines is 1. The molecule has 0 spiro atoms. The standard InChI is InChI=1S/C15H24N2O4/c1-21-14-6-4-13(5-7-14)16-15(20)12-17(8-2-10-18)9-3-11-19/h4-7,18-19H,2-3,8-12H2,1H3,(H,16,20). The first-order valence-electron chi connectivity index (χ1n) is 7.07. The van der Waals surface area contributed by atoms with Crippen LogP contribution in [0.1, 0.15) is 12.8 Å². The molecule has 0 aromatic heterocycles. The van der Waals surface area contributed by atoms with Crippen LogP contribution < -0.4 is 10.1 Å². The lowest BCUT2D eigenvalue weighted by Crippen LogP contribution is -2.35. The number of carbonyl (C=O) groups is 1. The summed E-state index contributed by atoms with van der Waals surface area (Å²) >= 11 is 0. The molecule has 6 heteroatoms. The Hall–Kier alpha value is -1.63. The van der Waals surface area contributed by atoms with Crippen molar-refractivity contribution >= 4 is 11.6 Å². The smallest absolute Gasteiger partial charge is 0.238 e. The third-order valence-corrected chi connectivity index (χ3v) is 3.01. The maximum absolute atomic E-state index is 12.0. The van der Waals surface area contributed by atoms with Gasteiger partial charge >= 0.3 is 0 Å². The monoisotopic (exact) mass is 296 g/mol. The molecule has 118 valence electrons. The number of nitrogens with zero attached hydrogens (tertiary/aromatic N) is 1. The van der Waals surface area contributed by atoms with Crippen LogP contribution in [0.4, 0.5) is 5.69 Å². The maximum atomic E-state index is 12.0. The van der Waals surface area contributed by atoms with Crippen LogP contribution >= 0.6 is 0 Å². The second kappa shape index (κ2) is 10.1. The molecule has 1 rings (SSSR count). The quantitative estimate of drug-likeness (QED) is 0.592. The summed E-state index contributed by atoms with van der Waals surface area (Å²) in [6, 6.07) is 7.13. The fourth-order valence-electron chi connectivity index (χ4n) is 1.94. The number of benzene rings is 1. The van der Waals surface area contributed by atoms with Gasteiger partial charge in [-0.2, -0.15) is 0 Å². The van der Waals surface area contributed by atoms with Crippen molar-refractivity contribution in [2.24, 2.45) is 0 Å². The third-order valence-electron chi connectivity index (χ3n) is 3.01. The first-order valence-corrected chi connectivity index (χ1v) is 7.07. The van der Waals surface area contributed by atoms with Crippen LogP contribution in [0.3, 0.4) is 0 Å². The fraction of sp³-hybridized carbons (Fsp3) is 0.533. The van der Waals surface area contributed by atoms with Gasteiger partial charge in [-0.1, -0.05) is 0 Å². The van der Waals surface area contributed by atoms with Crippen molar-refractivity contribution in [2.45, 2.75) is 12.8 Å². The average Bonchev–Trinajstić information content (AvgIpc) is 2.50. The van der Waals surface area contributed by atoms with E-state index in [0.717, 1.165) is 5.75 Å². The van der Waals surface area contributed by atoms with E-state index in [1.54, 1.807) is 31.4 Å². The zero-order chi connectivity index (χ0) is 15.5. The normalized spacial score (nSPS) is 10.7. The predicted octanol–water partition coefficient (Wildman–Crippen LogP) is 0.700. The minimum atomic E-state index is -0.115. The van der Waals surface area contributed by atoms with Crippen LogP contribution in [-0.4, -0.2) is 61.0 Å². The van der Waals surface area contributed by atoms with Gasteiger partial charge < -0.3 is 20.3 Å². The number of methoxy groups -OCH3 is 1. The zero-order valence-corrected chi connectivity index (χ0v) is 12.4. The highest BCUT2D eigenvalue weighted by molar-refractivity contribution is 5.92. The van der Waals surface area contributed by atoms with Crippen LogP contribution in [0.15, 0.2) is 24.3 Å². The van der Waals surface area contributed by atoms with E-state index in [-0.39, 0.29) is 25.7 Å². The molecule has 6 nitrogen and oxygen atoms in total. The van der Waals surface area contributed by atoms with Crippen LogP contribution in [-0.2, 0) is 4.79 Å². The molecule has 1 aromatic carbocycles. The van der Waals surface area contributed by atoms with Crippen molar-refractivity contribution in [2.75, 3.05) is 45.3 Å². The Morgan fingerprint density at radius 2 is 1.71 bits per heavy atom. The summed E-state index contributed by atoms with van der Waals surface area (Å²) in [5, 5.41) is 20.6. The molecule has 0 saturated heterocycles. The van der Waals surface area contributed by atoms with E-state index in [1.165, 1.54) is 0 Å². The molecule has 3 N–H and O–H groups in total. The number of carbonyl (C=O) groups excluding carboxylic acids is 1. The van der Waals surface area contributed by atoms with Crippen molar-refractivity contribution in [1.82, 2.24) is 4.90 Å². The second-order valence-corrected chi connectivity index (χ2v) is 4.71. The molecule has 0 bridgehead atoms. The van der Waals surface area contributed by atoms with E-state index in [2.05, 4.69) is 5.32 Å². The van der Waals surface area contributed by atoms with Gasteiger partial charge in [-0.3, -0.25) is 9.69 Å². The number of hydrogen-bond donors (Lipinski definition) is 3. The van der Waals surface area contributed by atoms with Gasteiger partial charge in [0.15, 0.2) is 0 Å².